The van der Waals surface area contributed by atoms with Crippen molar-refractivity contribution < 1.29 is 8.42 Å². The van der Waals surface area contributed by atoms with Crippen molar-refractivity contribution in [2.45, 2.75) is 32.3 Å². The topological polar surface area (TPSA) is 47.0 Å². The molecule has 0 aliphatic rings. The molecule has 0 saturated carbocycles. The van der Waals surface area contributed by atoms with Gasteiger partial charge in [0.1, 0.15) is 5.01 Å². The largest absolute Gasteiger partial charge is 0.240 e. The number of benzene rings is 2. The fourth-order valence-electron chi connectivity index (χ4n) is 2.67. The molecule has 0 amide bonds. The summed E-state index contributed by atoms with van der Waals surface area (Å²) in [5.74, 6) is 0.0284. The van der Waals surface area contributed by atoms with Crippen LogP contribution in [-0.4, -0.2) is 13.4 Å². The standard InChI is InChI=1S/C20H21NO2S2/c1-14-5-8-17(9-6-14)20-21-19(11-24-20)13-25(22,23)12-18-10-15(2)4-7-16(18)3/h4-11H,12-13H2,1-3H3. The molecule has 0 atom stereocenters. The van der Waals surface area contributed by atoms with Gasteiger partial charge in [0.05, 0.1) is 17.2 Å². The predicted molar refractivity (Wildman–Crippen MR) is 105 cm³/mol. The van der Waals surface area contributed by atoms with Crippen LogP contribution in [0.5, 0.6) is 0 Å². The van der Waals surface area contributed by atoms with Gasteiger partial charge >= 0.3 is 0 Å². The van der Waals surface area contributed by atoms with Gasteiger partial charge in [-0.1, -0.05) is 53.6 Å². The summed E-state index contributed by atoms with van der Waals surface area (Å²) in [5.41, 5.74) is 5.78. The van der Waals surface area contributed by atoms with Gasteiger partial charge in [-0.05, 0) is 31.9 Å². The quantitative estimate of drug-likeness (QED) is 0.644. The van der Waals surface area contributed by atoms with E-state index in [4.69, 9.17) is 0 Å². The first-order valence-corrected chi connectivity index (χ1v) is 10.8. The maximum atomic E-state index is 12.6. The summed E-state index contributed by atoms with van der Waals surface area (Å²) in [4.78, 5) is 4.52. The highest BCUT2D eigenvalue weighted by Crippen LogP contribution is 2.25. The minimum Gasteiger partial charge on any atom is -0.240 e. The number of aryl methyl sites for hydroxylation is 3. The number of aromatic nitrogens is 1. The Morgan fingerprint density at radius 3 is 2.32 bits per heavy atom. The van der Waals surface area contributed by atoms with E-state index in [1.807, 2.05) is 68.6 Å². The van der Waals surface area contributed by atoms with Crippen LogP contribution in [0.3, 0.4) is 0 Å². The molecule has 0 radical (unpaired) electrons. The fourth-order valence-corrected chi connectivity index (χ4v) is 5.09. The molecule has 1 heterocycles. The first kappa shape index (κ1) is 17.8. The molecule has 0 spiro atoms. The van der Waals surface area contributed by atoms with E-state index >= 15 is 0 Å². The van der Waals surface area contributed by atoms with Crippen LogP contribution >= 0.6 is 11.3 Å². The molecule has 1 aromatic heterocycles. The number of thiazole rings is 1. The molecular weight excluding hydrogens is 350 g/mol. The smallest absolute Gasteiger partial charge is 0.160 e. The van der Waals surface area contributed by atoms with E-state index in [2.05, 4.69) is 4.98 Å². The lowest BCUT2D eigenvalue weighted by Gasteiger charge is -2.07. The molecule has 0 bridgehead atoms. The molecule has 130 valence electrons. The Morgan fingerprint density at radius 1 is 0.920 bits per heavy atom. The third kappa shape index (κ3) is 4.55. The van der Waals surface area contributed by atoms with Crippen molar-refractivity contribution in [1.82, 2.24) is 4.98 Å². The van der Waals surface area contributed by atoms with Crippen molar-refractivity contribution in [3.05, 3.63) is 75.8 Å². The fraction of sp³-hybridized carbons (Fsp3) is 0.250. The third-order valence-electron chi connectivity index (χ3n) is 4.10. The molecule has 0 fully saturated rings. The van der Waals surface area contributed by atoms with Crippen LogP contribution in [0.4, 0.5) is 0 Å². The molecule has 0 unspecified atom stereocenters. The van der Waals surface area contributed by atoms with E-state index < -0.39 is 9.84 Å². The van der Waals surface area contributed by atoms with E-state index in [9.17, 15) is 8.42 Å². The Balaban J connectivity index is 1.77. The zero-order chi connectivity index (χ0) is 18.0. The second-order valence-corrected chi connectivity index (χ2v) is 9.39. The summed E-state index contributed by atoms with van der Waals surface area (Å²) in [6.07, 6.45) is 0. The number of hydrogen-bond donors (Lipinski definition) is 0. The lowest BCUT2D eigenvalue weighted by Crippen LogP contribution is -2.09. The first-order valence-electron chi connectivity index (χ1n) is 8.10. The summed E-state index contributed by atoms with van der Waals surface area (Å²) in [6.45, 7) is 5.96. The van der Waals surface area contributed by atoms with Crippen LogP contribution < -0.4 is 0 Å². The Labute approximate surface area is 153 Å². The summed E-state index contributed by atoms with van der Waals surface area (Å²) in [7, 11) is -3.26. The third-order valence-corrected chi connectivity index (χ3v) is 6.52. The second kappa shape index (κ2) is 7.10. The number of nitrogens with zero attached hydrogens (tertiary/aromatic N) is 1. The summed E-state index contributed by atoms with van der Waals surface area (Å²) >= 11 is 1.49. The van der Waals surface area contributed by atoms with Gasteiger partial charge in [0, 0.05) is 10.9 Å². The highest BCUT2D eigenvalue weighted by atomic mass is 32.2. The van der Waals surface area contributed by atoms with E-state index in [0.29, 0.717) is 5.69 Å². The van der Waals surface area contributed by atoms with E-state index in [1.165, 1.54) is 16.9 Å². The van der Waals surface area contributed by atoms with Gasteiger partial charge in [0.15, 0.2) is 9.84 Å². The van der Waals surface area contributed by atoms with E-state index in [1.54, 1.807) is 0 Å². The van der Waals surface area contributed by atoms with E-state index in [0.717, 1.165) is 27.3 Å². The van der Waals surface area contributed by atoms with Crippen LogP contribution in [0.15, 0.2) is 47.8 Å². The first-order chi connectivity index (χ1) is 11.8. The SMILES string of the molecule is Cc1ccc(-c2nc(CS(=O)(=O)Cc3cc(C)ccc3C)cs2)cc1. The lowest BCUT2D eigenvalue weighted by atomic mass is 10.1. The summed E-state index contributed by atoms with van der Waals surface area (Å²) < 4.78 is 25.2. The number of sulfone groups is 1. The van der Waals surface area contributed by atoms with Gasteiger partial charge in [0.2, 0.25) is 0 Å². The van der Waals surface area contributed by atoms with Gasteiger partial charge < -0.3 is 0 Å². The molecule has 3 rings (SSSR count). The molecule has 5 heteroatoms. The normalized spacial score (nSPS) is 11.6. The minimum atomic E-state index is -3.26. The summed E-state index contributed by atoms with van der Waals surface area (Å²) in [6, 6.07) is 14.0. The monoisotopic (exact) mass is 371 g/mol. The van der Waals surface area contributed by atoms with Crippen LogP contribution in [-0.2, 0) is 21.3 Å². The molecule has 3 nitrogen and oxygen atoms in total. The Bertz CT molecular complexity index is 987. The highest BCUT2D eigenvalue weighted by Gasteiger charge is 2.17. The van der Waals surface area contributed by atoms with Crippen LogP contribution in [0.1, 0.15) is 27.9 Å². The maximum Gasteiger partial charge on any atom is 0.160 e. The van der Waals surface area contributed by atoms with E-state index in [-0.39, 0.29) is 11.5 Å². The van der Waals surface area contributed by atoms with Crippen molar-refractivity contribution in [1.29, 1.82) is 0 Å². The van der Waals surface area contributed by atoms with Crippen molar-refractivity contribution in [2.24, 2.45) is 0 Å². The average molecular weight is 372 g/mol. The number of rotatable bonds is 5. The van der Waals surface area contributed by atoms with Crippen LogP contribution in [0, 0.1) is 20.8 Å². The van der Waals surface area contributed by atoms with Crippen molar-refractivity contribution in [2.75, 3.05) is 0 Å². The molecule has 0 aliphatic carbocycles. The highest BCUT2D eigenvalue weighted by molar-refractivity contribution is 7.89. The molecule has 25 heavy (non-hydrogen) atoms. The Kier molecular flexibility index (Phi) is 5.06. The van der Waals surface area contributed by atoms with Gasteiger partial charge in [-0.15, -0.1) is 11.3 Å². The maximum absolute atomic E-state index is 12.6. The van der Waals surface area contributed by atoms with Gasteiger partial charge in [0.25, 0.3) is 0 Å². The lowest BCUT2D eigenvalue weighted by molar-refractivity contribution is 0.594. The molecule has 0 saturated heterocycles. The summed E-state index contributed by atoms with van der Waals surface area (Å²) in [5, 5.41) is 2.70. The zero-order valence-corrected chi connectivity index (χ0v) is 16.2. The van der Waals surface area contributed by atoms with Crippen molar-refractivity contribution in [3.63, 3.8) is 0 Å². The van der Waals surface area contributed by atoms with Gasteiger partial charge in [-0.2, -0.15) is 0 Å². The average Bonchev–Trinajstić information content (AvgIpc) is 2.99. The molecule has 2 aromatic carbocycles. The minimum absolute atomic E-state index is 0.0251. The molecule has 3 aromatic rings. The van der Waals surface area contributed by atoms with Crippen LogP contribution in [0.2, 0.25) is 0 Å². The van der Waals surface area contributed by atoms with Crippen molar-refractivity contribution >= 4 is 21.2 Å². The zero-order valence-electron chi connectivity index (χ0n) is 14.6. The molecular formula is C20H21NO2S2. The van der Waals surface area contributed by atoms with Crippen LogP contribution in [0.25, 0.3) is 10.6 Å². The van der Waals surface area contributed by atoms with Gasteiger partial charge in [-0.3, -0.25) is 0 Å². The van der Waals surface area contributed by atoms with Gasteiger partial charge in [-0.25, -0.2) is 13.4 Å². The Morgan fingerprint density at radius 2 is 1.60 bits per heavy atom. The predicted octanol–water partition coefficient (Wildman–Crippen LogP) is 4.85. The van der Waals surface area contributed by atoms with Crippen molar-refractivity contribution in [3.8, 4) is 10.6 Å². The molecule has 0 aliphatic heterocycles. The molecule has 0 N–H and O–H groups in total. The number of hydrogen-bond acceptors (Lipinski definition) is 4. The second-order valence-electron chi connectivity index (χ2n) is 6.47. The Hall–Kier alpha value is -1.98.